The van der Waals surface area contributed by atoms with Gasteiger partial charge in [-0.3, -0.25) is 4.79 Å². The summed E-state index contributed by atoms with van der Waals surface area (Å²) in [6.45, 7) is 9.72. The third kappa shape index (κ3) is 29.2. The lowest BCUT2D eigenvalue weighted by Crippen LogP contribution is -2.15. The van der Waals surface area contributed by atoms with Gasteiger partial charge in [0.25, 0.3) is 0 Å². The van der Waals surface area contributed by atoms with Gasteiger partial charge in [0, 0.05) is 19.8 Å². The van der Waals surface area contributed by atoms with Crippen molar-refractivity contribution < 1.29 is 9.53 Å². The van der Waals surface area contributed by atoms with E-state index in [9.17, 15) is 4.79 Å². The van der Waals surface area contributed by atoms with E-state index < -0.39 is 0 Å². The Labute approximate surface area is 100 Å². The van der Waals surface area contributed by atoms with Crippen LogP contribution in [0.3, 0.4) is 0 Å². The maximum atomic E-state index is 9.82. The number of carbonyl (C=O) groups excluding carboxylic acids is 1. The number of amides is 1. The summed E-state index contributed by atoms with van der Waals surface area (Å²) in [5.74, 6) is 0.833. The van der Waals surface area contributed by atoms with Gasteiger partial charge in [0.05, 0.1) is 0 Å². The molecule has 1 amide bonds. The lowest BCUT2D eigenvalue weighted by atomic mass is 10.3. The Morgan fingerprint density at radius 2 is 1.62 bits per heavy atom. The van der Waals surface area contributed by atoms with Gasteiger partial charge in [-0.05, 0) is 32.4 Å². The maximum absolute atomic E-state index is 9.82. The monoisotopic (exact) mass is 232 g/mol. The molecule has 4 heteroatoms. The number of hydrogen-bond donors (Lipinski definition) is 2. The molecule has 0 aromatic carbocycles. The van der Waals surface area contributed by atoms with Crippen LogP contribution in [0.2, 0.25) is 0 Å². The number of nitrogens with one attached hydrogen (secondary N) is 2. The van der Waals surface area contributed by atoms with Crippen molar-refractivity contribution in [2.45, 2.75) is 33.6 Å². The molecule has 98 valence electrons. The molecule has 0 spiro atoms. The Bertz CT molecular complexity index is 127. The lowest BCUT2D eigenvalue weighted by molar-refractivity contribution is -0.109. The summed E-state index contributed by atoms with van der Waals surface area (Å²) < 4.78 is 5.29. The molecule has 0 fully saturated rings. The van der Waals surface area contributed by atoms with Crippen LogP contribution in [0, 0.1) is 5.92 Å². The van der Waals surface area contributed by atoms with E-state index in [0.29, 0.717) is 13.0 Å². The van der Waals surface area contributed by atoms with Crippen molar-refractivity contribution in [3.63, 3.8) is 0 Å². The fourth-order valence-corrected chi connectivity index (χ4v) is 0.788. The molecule has 0 atom stereocenters. The highest BCUT2D eigenvalue weighted by Gasteiger charge is 1.88. The van der Waals surface area contributed by atoms with Crippen LogP contribution in [0.4, 0.5) is 0 Å². The second-order valence-corrected chi connectivity index (χ2v) is 4.23. The largest absolute Gasteiger partial charge is 0.381 e. The Kier molecular flexibility index (Phi) is 18.7. The van der Waals surface area contributed by atoms with E-state index in [1.54, 1.807) is 0 Å². The number of carbonyl (C=O) groups is 1. The van der Waals surface area contributed by atoms with Gasteiger partial charge >= 0.3 is 0 Å². The van der Waals surface area contributed by atoms with Gasteiger partial charge < -0.3 is 15.4 Å². The Morgan fingerprint density at radius 3 is 2.06 bits per heavy atom. The molecule has 0 aromatic heterocycles. The van der Waals surface area contributed by atoms with Crippen molar-refractivity contribution in [2.24, 2.45) is 5.92 Å². The predicted molar refractivity (Wildman–Crippen MR) is 68.6 cm³/mol. The van der Waals surface area contributed by atoms with E-state index in [-0.39, 0.29) is 0 Å². The van der Waals surface area contributed by atoms with Crippen LogP contribution in [-0.2, 0) is 9.53 Å². The second-order valence-electron chi connectivity index (χ2n) is 4.23. The molecule has 0 aliphatic carbocycles. The van der Waals surface area contributed by atoms with E-state index >= 15 is 0 Å². The van der Waals surface area contributed by atoms with Crippen LogP contribution in [0.15, 0.2) is 0 Å². The van der Waals surface area contributed by atoms with Crippen molar-refractivity contribution in [3.8, 4) is 0 Å². The number of rotatable bonds is 9. The molecule has 0 rings (SSSR count). The first kappa shape index (κ1) is 17.8. The average molecular weight is 232 g/mol. The molecule has 16 heavy (non-hydrogen) atoms. The molecule has 4 nitrogen and oxygen atoms in total. The van der Waals surface area contributed by atoms with E-state index in [1.807, 2.05) is 7.05 Å². The number of hydrogen-bond acceptors (Lipinski definition) is 3. The van der Waals surface area contributed by atoms with E-state index in [1.165, 1.54) is 0 Å². The number of ether oxygens (including phenoxy) is 1. The lowest BCUT2D eigenvalue weighted by Gasteiger charge is -2.02. The standard InChI is InChI=1S/C8H18N2O2.C4H10/c1-9-4-2-6-12-7-3-5-10-8-11;1-4(2)3/h8-9H,2-7H2,1H3,(H,10,11);4H,1-3H3. The minimum atomic E-state index is 0.704. The van der Waals surface area contributed by atoms with Gasteiger partial charge in [-0.2, -0.15) is 0 Å². The van der Waals surface area contributed by atoms with Crippen molar-refractivity contribution in [1.82, 2.24) is 10.6 Å². The second kappa shape index (κ2) is 16.8. The summed E-state index contributed by atoms with van der Waals surface area (Å²) in [6, 6.07) is 0. The summed E-state index contributed by atoms with van der Waals surface area (Å²) in [5, 5.41) is 5.62. The normalized spacial score (nSPS) is 9.56. The SMILES string of the molecule is CC(C)C.CNCCCOCCCNC=O. The van der Waals surface area contributed by atoms with Crippen molar-refractivity contribution in [1.29, 1.82) is 0 Å². The zero-order valence-electron chi connectivity index (χ0n) is 11.2. The van der Waals surface area contributed by atoms with Crippen molar-refractivity contribution in [3.05, 3.63) is 0 Å². The first-order valence-corrected chi connectivity index (χ1v) is 6.04. The topological polar surface area (TPSA) is 50.4 Å². The fraction of sp³-hybridized carbons (Fsp3) is 0.917. The van der Waals surface area contributed by atoms with Crippen molar-refractivity contribution in [2.75, 3.05) is 33.4 Å². The molecular formula is C12H28N2O2. The summed E-state index contributed by atoms with van der Waals surface area (Å²) in [6.07, 6.45) is 2.64. The van der Waals surface area contributed by atoms with Crippen LogP contribution in [-0.4, -0.2) is 39.8 Å². The average Bonchev–Trinajstić information content (AvgIpc) is 2.21. The molecule has 0 aliphatic rings. The summed E-state index contributed by atoms with van der Waals surface area (Å²) in [4.78, 5) is 9.82. The third-order valence-electron chi connectivity index (χ3n) is 1.41. The zero-order valence-corrected chi connectivity index (χ0v) is 11.2. The maximum Gasteiger partial charge on any atom is 0.207 e. The van der Waals surface area contributed by atoms with Gasteiger partial charge in [-0.1, -0.05) is 20.8 Å². The Hall–Kier alpha value is -0.610. The van der Waals surface area contributed by atoms with Gasteiger partial charge in [0.2, 0.25) is 6.41 Å². The molecule has 0 aromatic rings. The van der Waals surface area contributed by atoms with Crippen molar-refractivity contribution >= 4 is 6.41 Å². The highest BCUT2D eigenvalue weighted by atomic mass is 16.5. The molecular weight excluding hydrogens is 204 g/mol. The minimum absolute atomic E-state index is 0.704. The van der Waals surface area contributed by atoms with E-state index in [2.05, 4.69) is 31.4 Å². The highest BCUT2D eigenvalue weighted by Crippen LogP contribution is 1.83. The van der Waals surface area contributed by atoms with Crippen LogP contribution >= 0.6 is 0 Å². The third-order valence-corrected chi connectivity index (χ3v) is 1.41. The first-order chi connectivity index (χ1) is 7.65. The van der Waals surface area contributed by atoms with Gasteiger partial charge in [-0.25, -0.2) is 0 Å². The summed E-state index contributed by atoms with van der Waals surface area (Å²) in [5.41, 5.74) is 0. The molecule has 0 heterocycles. The smallest absolute Gasteiger partial charge is 0.207 e. The Morgan fingerprint density at radius 1 is 1.12 bits per heavy atom. The molecule has 0 saturated heterocycles. The van der Waals surface area contributed by atoms with E-state index in [4.69, 9.17) is 4.74 Å². The molecule has 0 unspecified atom stereocenters. The first-order valence-electron chi connectivity index (χ1n) is 6.04. The molecule has 2 N–H and O–H groups in total. The minimum Gasteiger partial charge on any atom is -0.381 e. The van der Waals surface area contributed by atoms with E-state index in [0.717, 1.165) is 38.5 Å². The van der Waals surface area contributed by atoms with Crippen LogP contribution in [0.5, 0.6) is 0 Å². The van der Waals surface area contributed by atoms with Crippen LogP contribution in [0.25, 0.3) is 0 Å². The molecule has 0 aliphatic heterocycles. The quantitative estimate of drug-likeness (QED) is 0.467. The van der Waals surface area contributed by atoms with Gasteiger partial charge in [0.15, 0.2) is 0 Å². The molecule has 0 saturated carbocycles. The van der Waals surface area contributed by atoms with Crippen LogP contribution in [0.1, 0.15) is 33.6 Å². The zero-order chi connectivity index (χ0) is 12.6. The fourth-order valence-electron chi connectivity index (χ4n) is 0.788. The predicted octanol–water partition coefficient (Wildman–Crippen LogP) is 1.41. The highest BCUT2D eigenvalue weighted by molar-refractivity contribution is 5.45. The summed E-state index contributed by atoms with van der Waals surface area (Å²) >= 11 is 0. The van der Waals surface area contributed by atoms with Crippen LogP contribution < -0.4 is 10.6 Å². The Balaban J connectivity index is 0. The van der Waals surface area contributed by atoms with Gasteiger partial charge in [-0.15, -0.1) is 0 Å². The molecule has 0 bridgehead atoms. The van der Waals surface area contributed by atoms with Gasteiger partial charge in [0.1, 0.15) is 0 Å². The molecule has 0 radical (unpaired) electrons. The summed E-state index contributed by atoms with van der Waals surface area (Å²) in [7, 11) is 1.92.